The standard InChI is InChI=1S/C25H25N5O4S/c1-3-22(31)29-12-5-6-16(11-13-29)30-17-7-4-8-18(33-2)23(17)27-25(30)28-24(32)21-10-9-20(35-21)19-14-26-15-34-19/h3-4,7-10,14-16H,1,5-6,11-13H2,2H3,(H,27,28,32)/t16-/m1/s1. The molecule has 1 aliphatic rings. The molecule has 1 N–H and O–H groups in total. The molecular formula is C25H25N5O4S. The molecule has 5 rings (SSSR count). The number of benzene rings is 1. The monoisotopic (exact) mass is 491 g/mol. The van der Waals surface area contributed by atoms with Crippen LogP contribution >= 0.6 is 11.3 Å². The molecule has 0 aliphatic carbocycles. The number of methoxy groups -OCH3 is 1. The number of fused-ring (bicyclic) bond motifs is 1. The van der Waals surface area contributed by atoms with Crippen LogP contribution in [-0.4, -0.2) is 51.4 Å². The summed E-state index contributed by atoms with van der Waals surface area (Å²) in [5.41, 5.74) is 1.56. The summed E-state index contributed by atoms with van der Waals surface area (Å²) in [5, 5.41) is 3.01. The van der Waals surface area contributed by atoms with Crippen LogP contribution in [0, 0.1) is 0 Å². The molecule has 0 spiro atoms. The Kier molecular flexibility index (Phi) is 6.37. The maximum Gasteiger partial charge on any atom is 0.268 e. The molecule has 0 bridgehead atoms. The Balaban J connectivity index is 1.48. The molecule has 10 heteroatoms. The molecule has 0 saturated carbocycles. The summed E-state index contributed by atoms with van der Waals surface area (Å²) in [6, 6.07) is 9.39. The summed E-state index contributed by atoms with van der Waals surface area (Å²) in [6.45, 7) is 4.90. The van der Waals surface area contributed by atoms with Gasteiger partial charge in [-0.3, -0.25) is 14.9 Å². The van der Waals surface area contributed by atoms with Crippen molar-refractivity contribution in [2.45, 2.75) is 25.3 Å². The average molecular weight is 492 g/mol. The van der Waals surface area contributed by atoms with E-state index in [1.807, 2.05) is 29.2 Å². The third kappa shape index (κ3) is 4.44. The quantitative estimate of drug-likeness (QED) is 0.391. The highest BCUT2D eigenvalue weighted by Gasteiger charge is 2.26. The van der Waals surface area contributed by atoms with Crippen LogP contribution in [0.5, 0.6) is 5.75 Å². The van der Waals surface area contributed by atoms with Crippen molar-refractivity contribution in [2.24, 2.45) is 0 Å². The van der Waals surface area contributed by atoms with E-state index in [1.54, 1.807) is 19.4 Å². The summed E-state index contributed by atoms with van der Waals surface area (Å²) in [5.74, 6) is 1.39. The number of imidazole rings is 1. The van der Waals surface area contributed by atoms with Crippen LogP contribution in [0.1, 0.15) is 35.0 Å². The Morgan fingerprint density at radius 3 is 2.91 bits per heavy atom. The highest BCUT2D eigenvalue weighted by molar-refractivity contribution is 7.17. The van der Waals surface area contributed by atoms with Gasteiger partial charge in [-0.1, -0.05) is 12.6 Å². The Labute approximate surface area is 206 Å². The molecule has 0 radical (unpaired) electrons. The number of oxazole rings is 1. The zero-order valence-corrected chi connectivity index (χ0v) is 20.1. The minimum Gasteiger partial charge on any atom is -0.494 e. The van der Waals surface area contributed by atoms with Gasteiger partial charge in [-0.15, -0.1) is 11.3 Å². The topological polar surface area (TPSA) is 102 Å². The van der Waals surface area contributed by atoms with E-state index >= 15 is 0 Å². The fourth-order valence-corrected chi connectivity index (χ4v) is 5.35. The van der Waals surface area contributed by atoms with E-state index in [2.05, 4.69) is 21.4 Å². The van der Waals surface area contributed by atoms with Crippen LogP contribution in [0.4, 0.5) is 5.95 Å². The predicted molar refractivity (Wildman–Crippen MR) is 134 cm³/mol. The largest absolute Gasteiger partial charge is 0.494 e. The van der Waals surface area contributed by atoms with E-state index in [4.69, 9.17) is 14.1 Å². The number of hydrogen-bond acceptors (Lipinski definition) is 7. The van der Waals surface area contributed by atoms with E-state index in [9.17, 15) is 9.59 Å². The molecule has 4 heterocycles. The van der Waals surface area contributed by atoms with E-state index in [1.165, 1.54) is 23.8 Å². The molecule has 2 amide bonds. The minimum atomic E-state index is -0.256. The molecular weight excluding hydrogens is 466 g/mol. The van der Waals surface area contributed by atoms with Gasteiger partial charge in [-0.05, 0) is 49.6 Å². The summed E-state index contributed by atoms with van der Waals surface area (Å²) in [4.78, 5) is 37.3. The van der Waals surface area contributed by atoms with Crippen molar-refractivity contribution in [3.63, 3.8) is 0 Å². The lowest BCUT2D eigenvalue weighted by atomic mass is 10.1. The van der Waals surface area contributed by atoms with Crippen molar-refractivity contribution in [1.29, 1.82) is 0 Å². The zero-order valence-electron chi connectivity index (χ0n) is 19.3. The van der Waals surface area contributed by atoms with Crippen molar-refractivity contribution < 1.29 is 18.7 Å². The number of ether oxygens (including phenoxy) is 1. The van der Waals surface area contributed by atoms with Crippen molar-refractivity contribution >= 4 is 40.1 Å². The van der Waals surface area contributed by atoms with E-state index in [0.717, 1.165) is 29.7 Å². The number of aromatic nitrogens is 3. The SMILES string of the molecule is C=CC(=O)N1CCC[C@@H](n2c(NC(=O)c3ccc(-c4cnco4)s3)nc3c(OC)cccc32)CC1. The van der Waals surface area contributed by atoms with Gasteiger partial charge in [-0.2, -0.15) is 0 Å². The molecule has 1 saturated heterocycles. The Hall–Kier alpha value is -3.92. The number of rotatable bonds is 6. The van der Waals surface area contributed by atoms with E-state index in [-0.39, 0.29) is 17.9 Å². The van der Waals surface area contributed by atoms with Gasteiger partial charge in [0.1, 0.15) is 11.3 Å². The number of para-hydroxylation sites is 1. The Morgan fingerprint density at radius 1 is 1.26 bits per heavy atom. The van der Waals surface area contributed by atoms with Crippen LogP contribution in [0.25, 0.3) is 21.7 Å². The molecule has 1 aromatic carbocycles. The second-order valence-corrected chi connectivity index (χ2v) is 9.32. The molecule has 0 unspecified atom stereocenters. The average Bonchev–Trinajstić information content (AvgIpc) is 3.60. The number of thiophene rings is 1. The summed E-state index contributed by atoms with van der Waals surface area (Å²) in [7, 11) is 1.60. The van der Waals surface area contributed by atoms with E-state index in [0.29, 0.717) is 40.9 Å². The number of amides is 2. The van der Waals surface area contributed by atoms with Crippen LogP contribution in [-0.2, 0) is 4.79 Å². The van der Waals surface area contributed by atoms with Gasteiger partial charge in [-0.25, -0.2) is 9.97 Å². The zero-order chi connectivity index (χ0) is 24.4. The third-order valence-electron chi connectivity index (χ3n) is 6.18. The van der Waals surface area contributed by atoms with Gasteiger partial charge in [0.25, 0.3) is 5.91 Å². The molecule has 35 heavy (non-hydrogen) atoms. The first-order valence-corrected chi connectivity index (χ1v) is 12.2. The van der Waals surface area contributed by atoms with Crippen LogP contribution in [0.2, 0.25) is 0 Å². The maximum atomic E-state index is 13.2. The highest BCUT2D eigenvalue weighted by Crippen LogP contribution is 2.35. The molecule has 1 fully saturated rings. The lowest BCUT2D eigenvalue weighted by molar-refractivity contribution is -0.125. The van der Waals surface area contributed by atoms with Gasteiger partial charge in [0.05, 0.1) is 28.6 Å². The van der Waals surface area contributed by atoms with Gasteiger partial charge >= 0.3 is 0 Å². The summed E-state index contributed by atoms with van der Waals surface area (Å²) in [6.07, 6.45) is 6.76. The number of nitrogens with one attached hydrogen (secondary N) is 1. The molecule has 1 aliphatic heterocycles. The number of hydrogen-bond donors (Lipinski definition) is 1. The summed E-state index contributed by atoms with van der Waals surface area (Å²) < 4.78 is 13.0. The maximum absolute atomic E-state index is 13.2. The van der Waals surface area contributed by atoms with Gasteiger partial charge in [0.15, 0.2) is 12.2 Å². The van der Waals surface area contributed by atoms with Crippen molar-refractivity contribution in [2.75, 3.05) is 25.5 Å². The first kappa shape index (κ1) is 22.9. The molecule has 1 atom stereocenters. The Morgan fingerprint density at radius 2 is 2.14 bits per heavy atom. The van der Waals surface area contributed by atoms with Gasteiger partial charge < -0.3 is 18.6 Å². The lowest BCUT2D eigenvalue weighted by Gasteiger charge is -2.21. The van der Waals surface area contributed by atoms with Crippen molar-refractivity contribution in [3.05, 3.63) is 60.5 Å². The Bertz CT molecular complexity index is 1370. The van der Waals surface area contributed by atoms with Gasteiger partial charge in [0.2, 0.25) is 11.9 Å². The van der Waals surface area contributed by atoms with Crippen LogP contribution < -0.4 is 10.1 Å². The molecule has 9 nitrogen and oxygen atoms in total. The number of nitrogens with zero attached hydrogens (tertiary/aromatic N) is 4. The van der Waals surface area contributed by atoms with Gasteiger partial charge in [0, 0.05) is 19.1 Å². The fraction of sp³-hybridized carbons (Fsp3) is 0.280. The number of carbonyl (C=O) groups excluding carboxylic acids is 2. The smallest absolute Gasteiger partial charge is 0.268 e. The minimum absolute atomic E-state index is 0.0538. The van der Waals surface area contributed by atoms with Crippen LogP contribution in [0.3, 0.4) is 0 Å². The van der Waals surface area contributed by atoms with Crippen molar-refractivity contribution in [1.82, 2.24) is 19.4 Å². The number of carbonyl (C=O) groups is 2. The first-order valence-electron chi connectivity index (χ1n) is 11.4. The van der Waals surface area contributed by atoms with Crippen LogP contribution in [0.15, 0.2) is 60.0 Å². The lowest BCUT2D eigenvalue weighted by Crippen LogP contribution is -2.30. The number of likely N-dealkylation sites (tertiary alicyclic amines) is 1. The number of anilines is 1. The summed E-state index contributed by atoms with van der Waals surface area (Å²) >= 11 is 1.32. The third-order valence-corrected chi connectivity index (χ3v) is 7.28. The molecule has 4 aromatic rings. The predicted octanol–water partition coefficient (Wildman–Crippen LogP) is 4.75. The normalized spacial score (nSPS) is 16.1. The van der Waals surface area contributed by atoms with Crippen molar-refractivity contribution in [3.8, 4) is 16.4 Å². The molecule has 3 aromatic heterocycles. The highest BCUT2D eigenvalue weighted by atomic mass is 32.1. The second-order valence-electron chi connectivity index (χ2n) is 8.23. The first-order chi connectivity index (χ1) is 17.1. The fourth-order valence-electron chi connectivity index (χ4n) is 4.49. The van der Waals surface area contributed by atoms with E-state index < -0.39 is 0 Å². The molecule has 180 valence electrons. The second kappa shape index (κ2) is 9.75.